The lowest BCUT2D eigenvalue weighted by molar-refractivity contribution is -0.149. The van der Waals surface area contributed by atoms with Crippen LogP contribution >= 0.6 is 0 Å². The Hall–Kier alpha value is -2.17. The Labute approximate surface area is 159 Å². The maximum atomic E-state index is 13.4. The van der Waals surface area contributed by atoms with Crippen LogP contribution in [-0.2, 0) is 11.3 Å². The molecule has 2 aromatic rings. The summed E-state index contributed by atoms with van der Waals surface area (Å²) in [7, 11) is 0. The van der Waals surface area contributed by atoms with Gasteiger partial charge < -0.3 is 9.88 Å². The molecule has 4 fully saturated rings. The van der Waals surface area contributed by atoms with Gasteiger partial charge in [-0.05, 0) is 74.8 Å². The van der Waals surface area contributed by atoms with Crippen molar-refractivity contribution in [2.45, 2.75) is 45.6 Å². The summed E-state index contributed by atoms with van der Waals surface area (Å²) < 4.78 is 0. The van der Waals surface area contributed by atoms with E-state index in [4.69, 9.17) is 0 Å². The number of rotatable bonds is 4. The van der Waals surface area contributed by atoms with Crippen LogP contribution in [0.25, 0.3) is 10.9 Å². The molecule has 0 aliphatic heterocycles. The second kappa shape index (κ2) is 6.47. The van der Waals surface area contributed by atoms with Crippen LogP contribution in [-0.4, -0.2) is 27.3 Å². The van der Waals surface area contributed by atoms with Crippen molar-refractivity contribution in [2.75, 3.05) is 6.54 Å². The molecular formula is C22H27N3O2. The third-order valence-corrected chi connectivity index (χ3v) is 7.21. The summed E-state index contributed by atoms with van der Waals surface area (Å²) >= 11 is 0. The van der Waals surface area contributed by atoms with Gasteiger partial charge in [-0.3, -0.25) is 9.59 Å². The van der Waals surface area contributed by atoms with Crippen molar-refractivity contribution in [3.8, 4) is 0 Å². The highest BCUT2D eigenvalue weighted by Crippen LogP contribution is 2.56. The quantitative estimate of drug-likeness (QED) is 0.904. The van der Waals surface area contributed by atoms with Crippen LogP contribution < -0.4 is 5.56 Å². The van der Waals surface area contributed by atoms with Crippen LogP contribution in [0.2, 0.25) is 0 Å². The number of carbonyl (C=O) groups excluding carboxylic acids is 1. The highest BCUT2D eigenvalue weighted by molar-refractivity contribution is 5.80. The van der Waals surface area contributed by atoms with Gasteiger partial charge in [-0.1, -0.05) is 12.1 Å². The minimum atomic E-state index is -0.131. The predicted octanol–water partition coefficient (Wildman–Crippen LogP) is 3.34. The Balaban J connectivity index is 1.39. The molecule has 5 heteroatoms. The molecule has 0 atom stereocenters. The number of nitrogens with one attached hydrogen (secondary N) is 1. The molecule has 4 aliphatic rings. The fraction of sp³-hybridized carbons (Fsp3) is 0.591. The maximum absolute atomic E-state index is 13.4. The Morgan fingerprint density at radius 3 is 2.44 bits per heavy atom. The number of aromatic amines is 1. The number of H-pyrrole nitrogens is 1. The zero-order valence-corrected chi connectivity index (χ0v) is 15.9. The average Bonchev–Trinajstić information content (AvgIpc) is 2.65. The second-order valence-corrected chi connectivity index (χ2v) is 8.84. The second-order valence-electron chi connectivity index (χ2n) is 8.84. The topological polar surface area (TPSA) is 66.1 Å². The van der Waals surface area contributed by atoms with Gasteiger partial charge in [0.15, 0.2) is 0 Å². The minimum Gasteiger partial charge on any atom is -0.335 e. The summed E-state index contributed by atoms with van der Waals surface area (Å²) in [6.07, 6.45) is 6.36. The number of aromatic nitrogens is 2. The molecular weight excluding hydrogens is 338 g/mol. The Morgan fingerprint density at radius 2 is 1.78 bits per heavy atom. The smallest absolute Gasteiger partial charge is 0.258 e. The standard InChI is InChI=1S/C22H27N3O2/c1-2-25(12-19-23-18-6-4-3-5-17(18)21(26)24-19)22(27)20-15-8-13-7-14(10-15)11-16(20)9-13/h3-6,13-16,20H,2,7-12H2,1H3,(H,23,24,26). The van der Waals surface area contributed by atoms with Crippen LogP contribution in [0.5, 0.6) is 0 Å². The molecule has 6 rings (SSSR count). The fourth-order valence-electron chi connectivity index (χ4n) is 6.28. The molecule has 0 radical (unpaired) electrons. The van der Waals surface area contributed by atoms with Gasteiger partial charge in [0.25, 0.3) is 5.56 Å². The van der Waals surface area contributed by atoms with Gasteiger partial charge in [0, 0.05) is 12.5 Å². The molecule has 27 heavy (non-hydrogen) atoms. The minimum absolute atomic E-state index is 0.131. The van der Waals surface area contributed by atoms with E-state index in [9.17, 15) is 9.59 Å². The fourth-order valence-corrected chi connectivity index (χ4v) is 6.28. The van der Waals surface area contributed by atoms with Crippen molar-refractivity contribution in [3.05, 3.63) is 40.4 Å². The van der Waals surface area contributed by atoms with Gasteiger partial charge in [0.2, 0.25) is 5.91 Å². The van der Waals surface area contributed by atoms with E-state index in [0.717, 1.165) is 11.8 Å². The third kappa shape index (κ3) is 2.88. The van der Waals surface area contributed by atoms with E-state index in [1.165, 1.54) is 32.1 Å². The first-order valence-electron chi connectivity index (χ1n) is 10.4. The van der Waals surface area contributed by atoms with Crippen LogP contribution in [0.1, 0.15) is 44.9 Å². The van der Waals surface area contributed by atoms with E-state index in [0.29, 0.717) is 41.7 Å². The molecule has 142 valence electrons. The number of nitrogens with zero attached hydrogens (tertiary/aromatic N) is 2. The molecule has 1 aromatic carbocycles. The Kier molecular flexibility index (Phi) is 4.06. The van der Waals surface area contributed by atoms with Crippen LogP contribution in [0.4, 0.5) is 0 Å². The first kappa shape index (κ1) is 17.0. The van der Waals surface area contributed by atoms with Gasteiger partial charge in [-0.25, -0.2) is 4.98 Å². The summed E-state index contributed by atoms with van der Waals surface area (Å²) in [6, 6.07) is 7.36. The number of fused-ring (bicyclic) bond motifs is 1. The third-order valence-electron chi connectivity index (χ3n) is 7.21. The number of carbonyl (C=O) groups is 1. The number of benzene rings is 1. The molecule has 0 saturated heterocycles. The Bertz CT molecular complexity index is 907. The van der Waals surface area contributed by atoms with E-state index in [2.05, 4.69) is 9.97 Å². The molecule has 4 aliphatic carbocycles. The SMILES string of the molecule is CCN(Cc1nc2ccccc2c(=O)[nH]1)C(=O)C1C2CC3CC(C2)CC1C3. The summed E-state index contributed by atoms with van der Waals surface area (Å²) in [5.41, 5.74) is 0.558. The average molecular weight is 365 g/mol. The number of para-hydroxylation sites is 1. The number of amides is 1. The zero-order valence-electron chi connectivity index (χ0n) is 15.9. The molecule has 4 saturated carbocycles. The normalized spacial score (nSPS) is 31.4. The summed E-state index contributed by atoms with van der Waals surface area (Å²) in [5.74, 6) is 3.93. The van der Waals surface area contributed by atoms with E-state index in [1.807, 2.05) is 30.0 Å². The van der Waals surface area contributed by atoms with Crippen LogP contribution in [0.15, 0.2) is 29.1 Å². The molecule has 1 aromatic heterocycles. The maximum Gasteiger partial charge on any atom is 0.258 e. The van der Waals surface area contributed by atoms with Crippen molar-refractivity contribution in [3.63, 3.8) is 0 Å². The molecule has 1 N–H and O–H groups in total. The van der Waals surface area contributed by atoms with Gasteiger partial charge >= 0.3 is 0 Å². The summed E-state index contributed by atoms with van der Waals surface area (Å²) in [5, 5.41) is 0.594. The van der Waals surface area contributed by atoms with Gasteiger partial charge in [-0.2, -0.15) is 0 Å². The van der Waals surface area contributed by atoms with E-state index < -0.39 is 0 Å². The molecule has 4 bridgehead atoms. The van der Waals surface area contributed by atoms with E-state index in [1.54, 1.807) is 6.07 Å². The number of hydrogen-bond acceptors (Lipinski definition) is 3. The Morgan fingerprint density at radius 1 is 1.11 bits per heavy atom. The first-order chi connectivity index (χ1) is 13.1. The van der Waals surface area contributed by atoms with Crippen molar-refractivity contribution < 1.29 is 4.79 Å². The van der Waals surface area contributed by atoms with Gasteiger partial charge in [-0.15, -0.1) is 0 Å². The molecule has 0 spiro atoms. The molecule has 5 nitrogen and oxygen atoms in total. The van der Waals surface area contributed by atoms with Crippen molar-refractivity contribution in [2.24, 2.45) is 29.6 Å². The van der Waals surface area contributed by atoms with Crippen molar-refractivity contribution in [1.29, 1.82) is 0 Å². The summed E-state index contributed by atoms with van der Waals surface area (Å²) in [6.45, 7) is 3.06. The summed E-state index contributed by atoms with van der Waals surface area (Å²) in [4.78, 5) is 35.1. The predicted molar refractivity (Wildman–Crippen MR) is 104 cm³/mol. The van der Waals surface area contributed by atoms with Gasteiger partial charge in [0.1, 0.15) is 5.82 Å². The van der Waals surface area contributed by atoms with Gasteiger partial charge in [0.05, 0.1) is 17.4 Å². The molecule has 1 amide bonds. The monoisotopic (exact) mass is 365 g/mol. The number of hydrogen-bond donors (Lipinski definition) is 1. The van der Waals surface area contributed by atoms with Crippen LogP contribution in [0.3, 0.4) is 0 Å². The molecule has 0 unspecified atom stereocenters. The highest BCUT2D eigenvalue weighted by Gasteiger charge is 2.51. The van der Waals surface area contributed by atoms with E-state index in [-0.39, 0.29) is 17.4 Å². The largest absolute Gasteiger partial charge is 0.335 e. The lowest BCUT2D eigenvalue weighted by Crippen LogP contribution is -2.51. The van der Waals surface area contributed by atoms with Crippen molar-refractivity contribution >= 4 is 16.8 Å². The lowest BCUT2D eigenvalue weighted by Gasteiger charge is -2.54. The zero-order chi connectivity index (χ0) is 18.5. The highest BCUT2D eigenvalue weighted by atomic mass is 16.2. The lowest BCUT2D eigenvalue weighted by atomic mass is 9.51. The van der Waals surface area contributed by atoms with E-state index >= 15 is 0 Å². The first-order valence-corrected chi connectivity index (χ1v) is 10.4. The van der Waals surface area contributed by atoms with Crippen LogP contribution in [0, 0.1) is 29.6 Å². The molecule has 1 heterocycles. The van der Waals surface area contributed by atoms with Crippen molar-refractivity contribution in [1.82, 2.24) is 14.9 Å².